The van der Waals surface area contributed by atoms with Gasteiger partial charge in [0, 0.05) is 30.2 Å². The van der Waals surface area contributed by atoms with Crippen LogP contribution in [-0.4, -0.2) is 27.1 Å². The van der Waals surface area contributed by atoms with E-state index in [0.29, 0.717) is 12.1 Å². The van der Waals surface area contributed by atoms with Crippen LogP contribution in [0.15, 0.2) is 12.4 Å². The fraction of sp³-hybridized carbons (Fsp3) is 0.786. The van der Waals surface area contributed by atoms with Crippen LogP contribution in [-0.2, 0) is 0 Å². The molecule has 1 unspecified atom stereocenters. The molecule has 2 fully saturated rings. The first-order chi connectivity index (χ1) is 8.93. The minimum atomic E-state index is 0.619. The lowest BCUT2D eigenvalue weighted by molar-refractivity contribution is 0.355. The van der Waals surface area contributed by atoms with Crippen LogP contribution in [0.4, 0.5) is 5.95 Å². The molecule has 1 aromatic rings. The number of rotatable bonds is 3. The van der Waals surface area contributed by atoms with E-state index in [1.165, 1.54) is 56.5 Å². The number of hydrogen-bond acceptors (Lipinski definition) is 3. The van der Waals surface area contributed by atoms with E-state index < -0.39 is 0 Å². The Balaban J connectivity index is 1.66. The molecular formula is C14H23N3S. The van der Waals surface area contributed by atoms with Crippen molar-refractivity contribution in [2.24, 2.45) is 0 Å². The van der Waals surface area contributed by atoms with Crippen molar-refractivity contribution in [3.05, 3.63) is 12.4 Å². The molecular weight excluding hydrogens is 242 g/mol. The molecule has 0 aromatic carbocycles. The lowest BCUT2D eigenvalue weighted by atomic mass is 9.95. The number of aromatic nitrogens is 2. The first-order valence-corrected chi connectivity index (χ1v) is 8.46. The molecule has 1 aliphatic carbocycles. The first-order valence-electron chi connectivity index (χ1n) is 7.30. The highest BCUT2D eigenvalue weighted by Crippen LogP contribution is 2.30. The summed E-state index contributed by atoms with van der Waals surface area (Å²) in [7, 11) is 0. The molecule has 18 heavy (non-hydrogen) atoms. The van der Waals surface area contributed by atoms with Crippen LogP contribution in [0.3, 0.4) is 0 Å². The van der Waals surface area contributed by atoms with Crippen LogP contribution in [0.5, 0.6) is 0 Å². The third-order valence-corrected chi connectivity index (χ3v) is 5.35. The van der Waals surface area contributed by atoms with Crippen LogP contribution in [0.1, 0.15) is 51.0 Å². The van der Waals surface area contributed by atoms with Crippen molar-refractivity contribution in [3.63, 3.8) is 0 Å². The largest absolute Gasteiger partial charge is 0.352 e. The number of anilines is 1. The number of hydrogen-bond donors (Lipinski definition) is 1. The van der Waals surface area contributed by atoms with Crippen LogP contribution in [0.2, 0.25) is 0 Å². The standard InChI is InChI=1S/C14H23N3S/c1-2-6-13(7-3-1)17-9-8-15-14(17)16-12-5-4-10-18-11-12/h8-9,12-13H,1-7,10-11H2,(H,15,16). The monoisotopic (exact) mass is 265 g/mol. The highest BCUT2D eigenvalue weighted by molar-refractivity contribution is 7.99. The molecule has 100 valence electrons. The van der Waals surface area contributed by atoms with E-state index >= 15 is 0 Å². The number of thioether (sulfide) groups is 1. The normalized spacial score (nSPS) is 26.1. The topological polar surface area (TPSA) is 29.9 Å². The fourth-order valence-electron chi connectivity index (χ4n) is 3.12. The van der Waals surface area contributed by atoms with Crippen LogP contribution in [0.25, 0.3) is 0 Å². The molecule has 3 rings (SSSR count). The number of nitrogens with one attached hydrogen (secondary N) is 1. The zero-order valence-corrected chi connectivity index (χ0v) is 11.8. The van der Waals surface area contributed by atoms with E-state index in [9.17, 15) is 0 Å². The second-order valence-corrected chi connectivity index (χ2v) is 6.66. The summed E-state index contributed by atoms with van der Waals surface area (Å²) in [6.07, 6.45) is 13.6. The zero-order chi connectivity index (χ0) is 12.2. The Morgan fingerprint density at radius 1 is 1.17 bits per heavy atom. The van der Waals surface area contributed by atoms with Gasteiger partial charge in [0.05, 0.1) is 0 Å². The molecule has 1 aromatic heterocycles. The highest BCUT2D eigenvalue weighted by Gasteiger charge is 2.20. The molecule has 0 spiro atoms. The number of imidazole rings is 1. The summed E-state index contributed by atoms with van der Waals surface area (Å²) in [4.78, 5) is 4.53. The van der Waals surface area contributed by atoms with Crippen molar-refractivity contribution >= 4 is 17.7 Å². The van der Waals surface area contributed by atoms with Crippen LogP contribution < -0.4 is 5.32 Å². The van der Waals surface area contributed by atoms with Gasteiger partial charge >= 0.3 is 0 Å². The minimum absolute atomic E-state index is 0.619. The molecule has 0 amide bonds. The Bertz CT molecular complexity index is 365. The highest BCUT2D eigenvalue weighted by atomic mass is 32.2. The summed E-state index contributed by atoms with van der Waals surface area (Å²) < 4.78 is 2.39. The second-order valence-electron chi connectivity index (χ2n) is 5.51. The Labute approximate surface area is 114 Å². The summed E-state index contributed by atoms with van der Waals surface area (Å²) in [5.41, 5.74) is 0. The molecule has 1 aliphatic heterocycles. The lowest BCUT2D eigenvalue weighted by Gasteiger charge is -2.27. The molecule has 1 saturated heterocycles. The average molecular weight is 265 g/mol. The molecule has 0 bridgehead atoms. The van der Waals surface area contributed by atoms with Crippen molar-refractivity contribution in [1.29, 1.82) is 0 Å². The maximum atomic E-state index is 4.53. The van der Waals surface area contributed by atoms with Crippen molar-refractivity contribution in [1.82, 2.24) is 9.55 Å². The van der Waals surface area contributed by atoms with E-state index in [-0.39, 0.29) is 0 Å². The van der Waals surface area contributed by atoms with Gasteiger partial charge in [-0.25, -0.2) is 4.98 Å². The van der Waals surface area contributed by atoms with E-state index in [0.717, 1.165) is 5.95 Å². The van der Waals surface area contributed by atoms with Gasteiger partial charge in [-0.2, -0.15) is 11.8 Å². The van der Waals surface area contributed by atoms with Gasteiger partial charge in [0.15, 0.2) is 0 Å². The molecule has 4 heteroatoms. The Morgan fingerprint density at radius 3 is 2.83 bits per heavy atom. The molecule has 1 saturated carbocycles. The molecule has 0 radical (unpaired) electrons. The zero-order valence-electron chi connectivity index (χ0n) is 11.0. The Morgan fingerprint density at radius 2 is 2.06 bits per heavy atom. The Hall–Kier alpha value is -0.640. The predicted octanol–water partition coefficient (Wildman–Crippen LogP) is 3.70. The predicted molar refractivity (Wildman–Crippen MR) is 78.3 cm³/mol. The van der Waals surface area contributed by atoms with Gasteiger partial charge in [0.25, 0.3) is 0 Å². The summed E-state index contributed by atoms with van der Waals surface area (Å²) >= 11 is 2.07. The summed E-state index contributed by atoms with van der Waals surface area (Å²) in [6.45, 7) is 0. The molecule has 3 nitrogen and oxygen atoms in total. The van der Waals surface area contributed by atoms with Gasteiger partial charge in [-0.3, -0.25) is 0 Å². The average Bonchev–Trinajstić information content (AvgIpc) is 2.89. The number of nitrogens with zero attached hydrogens (tertiary/aromatic N) is 2. The van der Waals surface area contributed by atoms with Gasteiger partial charge in [-0.05, 0) is 31.4 Å². The molecule has 2 aliphatic rings. The second kappa shape index (κ2) is 6.00. The van der Waals surface area contributed by atoms with Crippen molar-refractivity contribution in [3.8, 4) is 0 Å². The summed E-state index contributed by atoms with van der Waals surface area (Å²) in [5, 5.41) is 3.66. The van der Waals surface area contributed by atoms with E-state index in [2.05, 4.69) is 32.8 Å². The van der Waals surface area contributed by atoms with Crippen LogP contribution >= 0.6 is 11.8 Å². The SMILES string of the molecule is c1cn(C2CCCCC2)c(NC2CCCSC2)n1. The van der Waals surface area contributed by atoms with Gasteiger partial charge < -0.3 is 9.88 Å². The van der Waals surface area contributed by atoms with Gasteiger partial charge in [-0.15, -0.1) is 0 Å². The Kier molecular flexibility index (Phi) is 4.13. The van der Waals surface area contributed by atoms with Gasteiger partial charge in [0.1, 0.15) is 0 Å². The quantitative estimate of drug-likeness (QED) is 0.904. The minimum Gasteiger partial charge on any atom is -0.352 e. The maximum absolute atomic E-state index is 4.53. The third-order valence-electron chi connectivity index (χ3n) is 4.13. The van der Waals surface area contributed by atoms with Crippen molar-refractivity contribution < 1.29 is 0 Å². The third kappa shape index (κ3) is 2.85. The molecule has 1 N–H and O–H groups in total. The lowest BCUT2D eigenvalue weighted by Crippen LogP contribution is -2.28. The van der Waals surface area contributed by atoms with E-state index in [1.807, 2.05) is 6.20 Å². The van der Waals surface area contributed by atoms with Gasteiger partial charge in [0.2, 0.25) is 5.95 Å². The molecule has 2 heterocycles. The summed E-state index contributed by atoms with van der Waals surface area (Å²) in [5.74, 6) is 3.67. The smallest absolute Gasteiger partial charge is 0.203 e. The fourth-order valence-corrected chi connectivity index (χ4v) is 4.19. The van der Waals surface area contributed by atoms with E-state index in [4.69, 9.17) is 0 Å². The van der Waals surface area contributed by atoms with E-state index in [1.54, 1.807) is 0 Å². The summed E-state index contributed by atoms with van der Waals surface area (Å²) in [6, 6.07) is 1.30. The molecule has 1 atom stereocenters. The van der Waals surface area contributed by atoms with Crippen LogP contribution in [0, 0.1) is 0 Å². The van der Waals surface area contributed by atoms with Crippen molar-refractivity contribution in [2.75, 3.05) is 16.8 Å². The van der Waals surface area contributed by atoms with Crippen molar-refractivity contribution in [2.45, 2.75) is 57.0 Å². The first kappa shape index (κ1) is 12.4. The maximum Gasteiger partial charge on any atom is 0.203 e. The van der Waals surface area contributed by atoms with Gasteiger partial charge in [-0.1, -0.05) is 19.3 Å².